The van der Waals surface area contributed by atoms with E-state index in [9.17, 15) is 24.3 Å². The normalized spacial score (nSPS) is 24.0. The number of urea groups is 1. The number of imide groups is 1. The molecule has 0 spiro atoms. The summed E-state index contributed by atoms with van der Waals surface area (Å²) in [5.74, 6) is -1.95. The lowest BCUT2D eigenvalue weighted by molar-refractivity contribution is -0.138. The maximum Gasteiger partial charge on any atom is 0.330 e. The summed E-state index contributed by atoms with van der Waals surface area (Å²) in [6.07, 6.45) is 7.39. The molecule has 5 aromatic rings. The van der Waals surface area contributed by atoms with Crippen molar-refractivity contribution < 1.29 is 42.5 Å². The quantitative estimate of drug-likeness (QED) is 0.0847. The Balaban J connectivity index is 0.731. The van der Waals surface area contributed by atoms with Gasteiger partial charge in [-0.15, -0.1) is 0 Å². The van der Waals surface area contributed by atoms with Crippen molar-refractivity contribution in [3.63, 3.8) is 0 Å². The number of ether oxygens (including phenoxy) is 2. The molecule has 4 aliphatic heterocycles. The average molecular weight is 1040 g/mol. The predicted molar refractivity (Wildman–Crippen MR) is 277 cm³/mol. The molecule has 3 unspecified atom stereocenters. The summed E-state index contributed by atoms with van der Waals surface area (Å²) in [5.41, 5.74) is 7.57. The molecule has 3 saturated heterocycles. The maximum atomic E-state index is 16.5. The van der Waals surface area contributed by atoms with Gasteiger partial charge in [0.2, 0.25) is 17.7 Å². The number of likely N-dealkylation sites (tertiary alicyclic amines) is 2. The first-order valence-electron chi connectivity index (χ1n) is 26.1. The highest BCUT2D eigenvalue weighted by Gasteiger charge is 2.50. The van der Waals surface area contributed by atoms with E-state index in [0.717, 1.165) is 101 Å². The molecule has 5 heterocycles. The monoisotopic (exact) mass is 1030 g/mol. The number of nitrogens with two attached hydrogens (primary N) is 1. The van der Waals surface area contributed by atoms with Gasteiger partial charge in [-0.3, -0.25) is 29.3 Å². The largest absolute Gasteiger partial charge is 0.488 e. The first-order valence-corrected chi connectivity index (χ1v) is 26.5. The number of carbonyl (C=O) groups excluding carboxylic acids is 4. The molecule has 5 amide bonds. The molecule has 18 heteroatoms. The highest BCUT2D eigenvalue weighted by molar-refractivity contribution is 6.34. The molecule has 5 aliphatic rings. The minimum Gasteiger partial charge on any atom is -0.488 e. The Morgan fingerprint density at radius 1 is 0.946 bits per heavy atom. The summed E-state index contributed by atoms with van der Waals surface area (Å²) in [6.45, 7) is 8.10. The zero-order valence-corrected chi connectivity index (χ0v) is 42.9. The van der Waals surface area contributed by atoms with Crippen molar-refractivity contribution in [2.24, 2.45) is 24.6 Å². The molecule has 4 aromatic carbocycles. The fourth-order valence-corrected chi connectivity index (χ4v) is 12.8. The molecule has 3 atom stereocenters. The van der Waals surface area contributed by atoms with Crippen molar-refractivity contribution >= 4 is 52.1 Å². The zero-order chi connectivity index (χ0) is 52.0. The van der Waals surface area contributed by atoms with Crippen LogP contribution in [-0.2, 0) is 22.2 Å². The number of hydrogen-bond acceptors (Lipinski definition) is 10. The van der Waals surface area contributed by atoms with E-state index < -0.39 is 40.1 Å². The molecule has 0 bridgehead atoms. The molecule has 4 fully saturated rings. The molecule has 5 N–H and O–H groups in total. The molecule has 0 radical (unpaired) electrons. The smallest absolute Gasteiger partial charge is 0.330 e. The first kappa shape index (κ1) is 51.4. The molecule has 10 rings (SSSR count). The summed E-state index contributed by atoms with van der Waals surface area (Å²) in [6, 6.07) is 19.1. The lowest BCUT2D eigenvalue weighted by Crippen LogP contribution is -2.54. The Bertz CT molecular complexity index is 2950. The van der Waals surface area contributed by atoms with Gasteiger partial charge < -0.3 is 35.4 Å². The number of nitrogens with zero attached hydrogens (tertiary/aromatic N) is 5. The Morgan fingerprint density at radius 3 is 2.36 bits per heavy atom. The third-order valence-corrected chi connectivity index (χ3v) is 17.0. The summed E-state index contributed by atoms with van der Waals surface area (Å²) in [4.78, 5) is 57.8. The van der Waals surface area contributed by atoms with Crippen LogP contribution in [0.2, 0.25) is 5.02 Å². The summed E-state index contributed by atoms with van der Waals surface area (Å²) in [5, 5.41) is 20.8. The second-order valence-electron chi connectivity index (χ2n) is 21.0. The van der Waals surface area contributed by atoms with Crippen molar-refractivity contribution in [3.05, 3.63) is 106 Å². The minimum absolute atomic E-state index is 0.0487. The molecule has 1 aliphatic carbocycles. The second kappa shape index (κ2) is 21.2. The number of hydrogen-bond donors (Lipinski definition) is 4. The molecule has 392 valence electrons. The van der Waals surface area contributed by atoms with Gasteiger partial charge in [-0.2, -0.15) is 5.10 Å². The van der Waals surface area contributed by atoms with Crippen molar-refractivity contribution in [2.75, 3.05) is 57.4 Å². The van der Waals surface area contributed by atoms with Gasteiger partial charge in [-0.25, -0.2) is 13.6 Å². The van der Waals surface area contributed by atoms with Crippen molar-refractivity contribution in [2.45, 2.75) is 101 Å². The van der Waals surface area contributed by atoms with Crippen LogP contribution in [0.15, 0.2) is 66.7 Å². The number of aromatic nitrogens is 2. The first-order chi connectivity index (χ1) is 35.6. The van der Waals surface area contributed by atoms with Gasteiger partial charge in [-0.05, 0) is 119 Å². The van der Waals surface area contributed by atoms with E-state index in [4.69, 9.17) is 31.9 Å². The SMILES string of the molecule is CC1CC(=O)NC(=O)N1c1nn(C)c2cc(C3CCN(CC4CCN(C(=O)C5CCC(NCC6(c7ccccc7)Oc7cc(F)c(Cl)c(-c8c(C(N)=O)ccc(OCCO)c8F)c7C6C)CC5)CC4)CC3)ccc12. The van der Waals surface area contributed by atoms with Gasteiger partial charge in [0.15, 0.2) is 23.0 Å². The number of aliphatic hydroxyl groups is 1. The van der Waals surface area contributed by atoms with E-state index in [1.165, 1.54) is 23.8 Å². The van der Waals surface area contributed by atoms with E-state index in [2.05, 4.69) is 38.6 Å². The van der Waals surface area contributed by atoms with Crippen molar-refractivity contribution in [3.8, 4) is 22.6 Å². The third kappa shape index (κ3) is 9.72. The summed E-state index contributed by atoms with van der Waals surface area (Å²) < 4.78 is 46.5. The van der Waals surface area contributed by atoms with Crippen molar-refractivity contribution in [1.82, 2.24) is 30.2 Å². The van der Waals surface area contributed by atoms with Gasteiger partial charge in [0.25, 0.3) is 0 Å². The number of aryl methyl sites for hydroxylation is 1. The summed E-state index contributed by atoms with van der Waals surface area (Å²) in [7, 11) is 1.89. The molecule has 1 aromatic heterocycles. The number of nitrogens with one attached hydrogen (secondary N) is 2. The van der Waals surface area contributed by atoms with Crippen LogP contribution in [-0.4, -0.2) is 113 Å². The van der Waals surface area contributed by atoms with Crippen LogP contribution in [0, 0.1) is 23.5 Å². The van der Waals surface area contributed by atoms with E-state index in [1.54, 1.807) is 4.90 Å². The number of piperidine rings is 2. The van der Waals surface area contributed by atoms with Crippen LogP contribution in [0.25, 0.3) is 22.0 Å². The second-order valence-corrected chi connectivity index (χ2v) is 21.4. The zero-order valence-electron chi connectivity index (χ0n) is 42.2. The fourth-order valence-electron chi connectivity index (χ4n) is 12.5. The molecular weight excluding hydrogens is 970 g/mol. The maximum absolute atomic E-state index is 16.5. The van der Waals surface area contributed by atoms with Crippen LogP contribution >= 0.6 is 11.6 Å². The number of anilines is 1. The van der Waals surface area contributed by atoms with Gasteiger partial charge in [-0.1, -0.05) is 54.9 Å². The Hall–Kier alpha value is -6.14. The van der Waals surface area contributed by atoms with E-state index in [-0.39, 0.29) is 77.6 Å². The van der Waals surface area contributed by atoms with E-state index in [0.29, 0.717) is 29.8 Å². The molecule has 74 heavy (non-hydrogen) atoms. The van der Waals surface area contributed by atoms with Gasteiger partial charge >= 0.3 is 6.03 Å². The van der Waals surface area contributed by atoms with Gasteiger partial charge in [0.1, 0.15) is 18.2 Å². The number of rotatable bonds is 14. The lowest BCUT2D eigenvalue weighted by Gasteiger charge is -2.40. The van der Waals surface area contributed by atoms with Crippen LogP contribution < -0.4 is 30.7 Å². The lowest BCUT2D eigenvalue weighted by atomic mass is 9.77. The average Bonchev–Trinajstić information content (AvgIpc) is 3.87. The predicted octanol–water partition coefficient (Wildman–Crippen LogP) is 8.13. The number of aliphatic hydroxyl groups excluding tert-OH is 1. The third-order valence-electron chi connectivity index (χ3n) is 16.6. The highest BCUT2D eigenvalue weighted by atomic mass is 35.5. The van der Waals surface area contributed by atoms with Crippen LogP contribution in [0.5, 0.6) is 11.5 Å². The Labute approximate surface area is 434 Å². The number of benzene rings is 4. The number of primary amides is 1. The highest BCUT2D eigenvalue weighted by Crippen LogP contribution is 2.56. The van der Waals surface area contributed by atoms with Crippen LogP contribution in [0.4, 0.5) is 19.4 Å². The van der Waals surface area contributed by atoms with Gasteiger partial charge in [0, 0.05) is 91.7 Å². The standard InChI is InChI=1S/C56H65ClF2N8O7/c1-32-27-46(69)62-55(72)67(32)53-40-14-11-37(28-43(40)64(3)63-53)35-19-21-65(22-20-35)30-34-17-23-66(24-18-34)54(71)36-9-12-39(13-10-36)61-31-56(38-7-5-4-6-8-38)33(2)47-45(74-56)29-42(58)50(57)49(47)48-41(52(60)70)15-16-44(51(48)59)73-26-25-68/h4-8,11,14-16,28-29,32-36,39,61,68H,9-10,12-13,17-27,30-31H2,1-3H3,(H2,60,70)(H,62,69,72). The van der Waals surface area contributed by atoms with Gasteiger partial charge in [0.05, 0.1) is 22.7 Å². The topological polar surface area (TPSA) is 185 Å². The number of halogens is 3. The van der Waals surface area contributed by atoms with Crippen LogP contribution in [0.1, 0.15) is 111 Å². The molecule has 1 saturated carbocycles. The van der Waals surface area contributed by atoms with E-state index in [1.807, 2.05) is 55.9 Å². The van der Waals surface area contributed by atoms with Crippen molar-refractivity contribution in [1.29, 1.82) is 0 Å². The molecular formula is C56H65ClF2N8O7. The number of amides is 5. The van der Waals surface area contributed by atoms with Crippen LogP contribution in [0.3, 0.4) is 0 Å². The number of fused-ring (bicyclic) bond motifs is 2. The minimum atomic E-state index is -1.10. The molecule has 15 nitrogen and oxygen atoms in total. The number of carbonyl (C=O) groups is 4. The Kier molecular flexibility index (Phi) is 14.7. The fraction of sp³-hybridized carbons (Fsp3) is 0.482. The summed E-state index contributed by atoms with van der Waals surface area (Å²) >= 11 is 6.73. The Morgan fingerprint density at radius 2 is 1.68 bits per heavy atom. The van der Waals surface area contributed by atoms with E-state index >= 15 is 8.78 Å².